The molecule has 1 N–H and O–H groups in total. The largest absolute Gasteiger partial charge is 0.373 e. The van der Waals surface area contributed by atoms with Crippen LogP contribution in [0.3, 0.4) is 0 Å². The molecule has 1 aromatic carbocycles. The van der Waals surface area contributed by atoms with Crippen molar-refractivity contribution < 1.29 is 9.53 Å². The first kappa shape index (κ1) is 16.3. The number of nitrogens with one attached hydrogen (secondary N) is 1. The first-order chi connectivity index (χ1) is 10.7. The van der Waals surface area contributed by atoms with E-state index in [1.165, 1.54) is 6.92 Å². The van der Waals surface area contributed by atoms with Gasteiger partial charge in [-0.2, -0.15) is 5.26 Å². The molecule has 1 aliphatic carbocycles. The summed E-state index contributed by atoms with van der Waals surface area (Å²) in [5.74, 6) is -0.178. The van der Waals surface area contributed by atoms with Gasteiger partial charge in [-0.3, -0.25) is 4.79 Å². The molecule has 0 saturated carbocycles. The fourth-order valence-electron chi connectivity index (χ4n) is 2.87. The van der Waals surface area contributed by atoms with E-state index in [1.807, 2.05) is 43.3 Å². The minimum atomic E-state index is -0.196. The zero-order valence-electron chi connectivity index (χ0n) is 13.1. The molecule has 0 aromatic heterocycles. The Kier molecular flexibility index (Phi) is 5.74. The summed E-state index contributed by atoms with van der Waals surface area (Å²) in [6.07, 6.45) is 3.38. The molecule has 0 heterocycles. The second-order valence-corrected chi connectivity index (χ2v) is 5.48. The summed E-state index contributed by atoms with van der Waals surface area (Å²) in [7, 11) is 0. The lowest BCUT2D eigenvalue weighted by molar-refractivity contribution is -0.119. The van der Waals surface area contributed by atoms with Gasteiger partial charge in [0.25, 0.3) is 0 Å². The molecular weight excluding hydrogens is 276 g/mol. The van der Waals surface area contributed by atoms with E-state index in [0.717, 1.165) is 24.0 Å². The number of hydrogen-bond donors (Lipinski definition) is 1. The van der Waals surface area contributed by atoms with Crippen LogP contribution in [0.2, 0.25) is 0 Å². The molecule has 0 fully saturated rings. The summed E-state index contributed by atoms with van der Waals surface area (Å²) in [4.78, 5) is 11.6. The minimum Gasteiger partial charge on any atom is -0.373 e. The predicted molar refractivity (Wildman–Crippen MR) is 84.8 cm³/mol. The maximum absolute atomic E-state index is 11.6. The van der Waals surface area contributed by atoms with Crippen LogP contribution in [0.25, 0.3) is 0 Å². The Labute approximate surface area is 131 Å². The summed E-state index contributed by atoms with van der Waals surface area (Å²) in [5.41, 5.74) is 2.17. The van der Waals surface area contributed by atoms with Crippen LogP contribution in [-0.2, 0) is 9.53 Å². The number of carbonyl (C=O) groups excluding carboxylic acids is 1. The van der Waals surface area contributed by atoms with Crippen LogP contribution in [0.15, 0.2) is 42.0 Å². The van der Waals surface area contributed by atoms with Crippen LogP contribution in [0.4, 0.5) is 0 Å². The van der Waals surface area contributed by atoms with E-state index >= 15 is 0 Å². The van der Waals surface area contributed by atoms with Gasteiger partial charge < -0.3 is 10.1 Å². The van der Waals surface area contributed by atoms with Crippen molar-refractivity contribution in [2.45, 2.75) is 38.8 Å². The van der Waals surface area contributed by atoms with Crippen molar-refractivity contribution in [2.75, 3.05) is 6.61 Å². The number of ether oxygens (including phenoxy) is 1. The van der Waals surface area contributed by atoms with Crippen LogP contribution in [0.5, 0.6) is 0 Å². The van der Waals surface area contributed by atoms with Crippen molar-refractivity contribution in [2.24, 2.45) is 5.92 Å². The van der Waals surface area contributed by atoms with Gasteiger partial charge in [0.2, 0.25) is 5.91 Å². The quantitative estimate of drug-likeness (QED) is 0.849. The van der Waals surface area contributed by atoms with E-state index in [-0.39, 0.29) is 24.0 Å². The number of hydrogen-bond acceptors (Lipinski definition) is 3. The number of carbonyl (C=O) groups is 1. The molecular formula is C18H22N2O2. The molecule has 0 radical (unpaired) electrons. The summed E-state index contributed by atoms with van der Waals surface area (Å²) in [6.45, 7) is 4.03. The molecule has 0 spiro atoms. The average molecular weight is 298 g/mol. The van der Waals surface area contributed by atoms with Crippen LogP contribution in [0.1, 0.15) is 38.3 Å². The van der Waals surface area contributed by atoms with Crippen molar-refractivity contribution in [3.8, 4) is 6.07 Å². The normalized spacial score (nSPS) is 22.3. The summed E-state index contributed by atoms with van der Waals surface area (Å²) in [5, 5.41) is 12.3. The molecule has 0 unspecified atom stereocenters. The molecule has 2 rings (SSSR count). The highest BCUT2D eigenvalue weighted by molar-refractivity contribution is 5.74. The highest BCUT2D eigenvalue weighted by Crippen LogP contribution is 2.33. The number of rotatable bonds is 5. The Hall–Kier alpha value is -2.12. The summed E-state index contributed by atoms with van der Waals surface area (Å²) in [6, 6.07) is 12.1. The van der Waals surface area contributed by atoms with Gasteiger partial charge in [0, 0.05) is 13.5 Å². The number of nitriles is 1. The lowest BCUT2D eigenvalue weighted by Gasteiger charge is -2.30. The molecule has 3 atom stereocenters. The Morgan fingerprint density at radius 3 is 2.77 bits per heavy atom. The molecule has 1 amide bonds. The van der Waals surface area contributed by atoms with Crippen molar-refractivity contribution in [3.63, 3.8) is 0 Å². The fraction of sp³-hybridized carbons (Fsp3) is 0.444. The molecule has 4 heteroatoms. The highest BCUT2D eigenvalue weighted by atomic mass is 16.5. The number of nitrogens with zero attached hydrogens (tertiary/aromatic N) is 1. The Bertz CT molecular complexity index is 574. The van der Waals surface area contributed by atoms with Crippen molar-refractivity contribution in [1.82, 2.24) is 5.32 Å². The van der Waals surface area contributed by atoms with Gasteiger partial charge in [-0.1, -0.05) is 36.4 Å². The van der Waals surface area contributed by atoms with E-state index in [0.29, 0.717) is 6.61 Å². The second kappa shape index (κ2) is 7.77. The lowest BCUT2D eigenvalue weighted by atomic mass is 9.83. The zero-order chi connectivity index (χ0) is 15.9. The third-order valence-corrected chi connectivity index (χ3v) is 3.90. The Morgan fingerprint density at radius 1 is 1.45 bits per heavy atom. The average Bonchev–Trinajstić information content (AvgIpc) is 2.53. The third kappa shape index (κ3) is 3.96. The monoisotopic (exact) mass is 298 g/mol. The van der Waals surface area contributed by atoms with Gasteiger partial charge in [0.05, 0.1) is 24.1 Å². The molecule has 1 aliphatic rings. The zero-order valence-corrected chi connectivity index (χ0v) is 13.1. The van der Waals surface area contributed by atoms with Gasteiger partial charge in [0.1, 0.15) is 0 Å². The van der Waals surface area contributed by atoms with Gasteiger partial charge in [-0.05, 0) is 30.9 Å². The number of amides is 1. The van der Waals surface area contributed by atoms with Gasteiger partial charge in [-0.15, -0.1) is 0 Å². The Morgan fingerprint density at radius 2 is 2.18 bits per heavy atom. The van der Waals surface area contributed by atoms with Gasteiger partial charge >= 0.3 is 0 Å². The molecule has 0 saturated heterocycles. The number of benzene rings is 1. The van der Waals surface area contributed by atoms with Crippen molar-refractivity contribution in [3.05, 3.63) is 47.5 Å². The second-order valence-electron chi connectivity index (χ2n) is 5.48. The fourth-order valence-corrected chi connectivity index (χ4v) is 2.87. The van der Waals surface area contributed by atoms with Gasteiger partial charge in [0.15, 0.2) is 0 Å². The van der Waals surface area contributed by atoms with E-state index < -0.39 is 0 Å². The van der Waals surface area contributed by atoms with E-state index in [4.69, 9.17) is 4.74 Å². The van der Waals surface area contributed by atoms with E-state index in [2.05, 4.69) is 11.4 Å². The molecule has 116 valence electrons. The minimum absolute atomic E-state index is 0.0647. The first-order valence-corrected chi connectivity index (χ1v) is 7.69. The van der Waals surface area contributed by atoms with E-state index in [9.17, 15) is 10.1 Å². The van der Waals surface area contributed by atoms with Crippen LogP contribution < -0.4 is 5.32 Å². The van der Waals surface area contributed by atoms with Crippen LogP contribution in [0, 0.1) is 17.2 Å². The van der Waals surface area contributed by atoms with Crippen molar-refractivity contribution in [1.29, 1.82) is 5.26 Å². The molecule has 1 aromatic rings. The smallest absolute Gasteiger partial charge is 0.217 e. The Balaban J connectivity index is 2.31. The molecule has 0 bridgehead atoms. The SMILES string of the molecule is CCO[C@@H]1C=C([C@@H](NC(C)=O)c2ccccc2)CC[C@H]1C#N. The molecule has 0 aliphatic heterocycles. The third-order valence-electron chi connectivity index (χ3n) is 3.90. The summed E-state index contributed by atoms with van der Waals surface area (Å²) < 4.78 is 5.70. The lowest BCUT2D eigenvalue weighted by Crippen LogP contribution is -2.32. The predicted octanol–water partition coefficient (Wildman–Crippen LogP) is 3.13. The molecule has 22 heavy (non-hydrogen) atoms. The summed E-state index contributed by atoms with van der Waals surface area (Å²) >= 11 is 0. The standard InChI is InChI=1S/C18H22N2O2/c1-3-22-17-11-15(9-10-16(17)12-19)18(20-13(2)21)14-7-5-4-6-8-14/h4-8,11,16-18H,3,9-10H2,1-2H3,(H,20,21)/t16-,17+,18-/m0/s1. The van der Waals surface area contributed by atoms with Crippen molar-refractivity contribution >= 4 is 5.91 Å². The highest BCUT2D eigenvalue weighted by Gasteiger charge is 2.29. The van der Waals surface area contributed by atoms with Crippen LogP contribution in [-0.4, -0.2) is 18.6 Å². The maximum Gasteiger partial charge on any atom is 0.217 e. The molecule has 4 nitrogen and oxygen atoms in total. The maximum atomic E-state index is 11.6. The van der Waals surface area contributed by atoms with E-state index in [1.54, 1.807) is 0 Å². The first-order valence-electron chi connectivity index (χ1n) is 7.69. The van der Waals surface area contributed by atoms with Crippen LogP contribution >= 0.6 is 0 Å². The topological polar surface area (TPSA) is 62.1 Å². The van der Waals surface area contributed by atoms with Gasteiger partial charge in [-0.25, -0.2) is 0 Å².